The maximum absolute atomic E-state index is 13.4. The van der Waals surface area contributed by atoms with Gasteiger partial charge in [0.05, 0.1) is 24.2 Å². The normalized spacial score (nSPS) is 17.4. The number of aliphatic hydroxyl groups is 1. The lowest BCUT2D eigenvalue weighted by atomic mass is 10.00. The largest absolute Gasteiger partial charge is 0.391 e. The Morgan fingerprint density at radius 3 is 2.60 bits per heavy atom. The van der Waals surface area contributed by atoms with Gasteiger partial charge >= 0.3 is 0 Å². The van der Waals surface area contributed by atoms with Crippen LogP contribution in [0.25, 0.3) is 23.1 Å². The fourth-order valence-electron chi connectivity index (χ4n) is 5.10. The van der Waals surface area contributed by atoms with Crippen molar-refractivity contribution in [1.29, 1.82) is 0 Å². The van der Waals surface area contributed by atoms with Crippen molar-refractivity contribution in [3.8, 4) is 0 Å². The quantitative estimate of drug-likeness (QED) is 0.278. The molecule has 0 aliphatic carbocycles. The third-order valence-electron chi connectivity index (χ3n) is 7.26. The number of aliphatic hydroxyl groups excluding tert-OH is 1. The number of hydrogen-bond acceptors (Lipinski definition) is 5. The van der Waals surface area contributed by atoms with Gasteiger partial charge in [0.25, 0.3) is 5.91 Å². The van der Waals surface area contributed by atoms with Crippen molar-refractivity contribution >= 4 is 40.8 Å². The molecule has 0 unspecified atom stereocenters. The van der Waals surface area contributed by atoms with E-state index in [1.54, 1.807) is 6.07 Å². The van der Waals surface area contributed by atoms with E-state index in [9.17, 15) is 23.9 Å². The molecule has 0 radical (unpaired) electrons. The van der Waals surface area contributed by atoms with Gasteiger partial charge in [0, 0.05) is 18.4 Å². The van der Waals surface area contributed by atoms with Crippen molar-refractivity contribution < 1.29 is 23.9 Å². The van der Waals surface area contributed by atoms with Gasteiger partial charge in [-0.1, -0.05) is 72.8 Å². The second-order valence-electron chi connectivity index (χ2n) is 10.3. The molecule has 0 bridgehead atoms. The topological polar surface area (TPSA) is 112 Å². The number of carbonyl (C=O) groups is 3. The van der Waals surface area contributed by atoms with Gasteiger partial charge in [-0.2, -0.15) is 0 Å². The molecule has 0 saturated carbocycles. The molecule has 3 N–H and O–H groups in total. The molecule has 3 aromatic carbocycles. The second-order valence-corrected chi connectivity index (χ2v) is 10.3. The SMILES string of the molecule is C[C@H](NC(=O)[C@@H]1C[C@@H](O)CN1C(=O)CNC(=O)c1ccc2cc(F)ccc2n1)c1ccccc1/C=C/c1ccccc1. The molecule has 2 heterocycles. The van der Waals surface area contributed by atoms with E-state index >= 15 is 0 Å². The van der Waals surface area contributed by atoms with Gasteiger partial charge in [0.2, 0.25) is 11.8 Å². The number of benzene rings is 3. The zero-order valence-electron chi connectivity index (χ0n) is 23.0. The zero-order chi connectivity index (χ0) is 29.6. The monoisotopic (exact) mass is 566 g/mol. The summed E-state index contributed by atoms with van der Waals surface area (Å²) < 4.78 is 13.4. The highest BCUT2D eigenvalue weighted by Crippen LogP contribution is 2.23. The van der Waals surface area contributed by atoms with Crippen LogP contribution >= 0.6 is 0 Å². The van der Waals surface area contributed by atoms with Gasteiger partial charge in [-0.25, -0.2) is 9.37 Å². The van der Waals surface area contributed by atoms with E-state index in [0.29, 0.717) is 10.9 Å². The molecular weight excluding hydrogens is 535 g/mol. The van der Waals surface area contributed by atoms with Crippen molar-refractivity contribution in [1.82, 2.24) is 20.5 Å². The molecule has 42 heavy (non-hydrogen) atoms. The first-order valence-electron chi connectivity index (χ1n) is 13.7. The fourth-order valence-corrected chi connectivity index (χ4v) is 5.10. The summed E-state index contributed by atoms with van der Waals surface area (Å²) in [5, 5.41) is 16.4. The van der Waals surface area contributed by atoms with Crippen molar-refractivity contribution in [3.05, 3.63) is 113 Å². The Morgan fingerprint density at radius 1 is 1.02 bits per heavy atom. The number of rotatable bonds is 8. The van der Waals surface area contributed by atoms with E-state index in [2.05, 4.69) is 15.6 Å². The molecule has 3 amide bonds. The van der Waals surface area contributed by atoms with Crippen LogP contribution in [0.3, 0.4) is 0 Å². The number of hydrogen-bond donors (Lipinski definition) is 3. The number of β-amino-alcohol motifs (C(OH)–C–C–N with tert-alkyl or cyclic N) is 1. The van der Waals surface area contributed by atoms with Crippen LogP contribution in [-0.2, 0) is 9.59 Å². The highest BCUT2D eigenvalue weighted by molar-refractivity contribution is 5.97. The summed E-state index contributed by atoms with van der Waals surface area (Å²) in [5.41, 5.74) is 3.43. The van der Waals surface area contributed by atoms with E-state index in [-0.39, 0.29) is 37.2 Å². The van der Waals surface area contributed by atoms with Crippen molar-refractivity contribution in [2.24, 2.45) is 0 Å². The molecule has 4 aromatic rings. The number of carbonyl (C=O) groups excluding carboxylic acids is 3. The van der Waals surface area contributed by atoms with Crippen LogP contribution in [0.5, 0.6) is 0 Å². The third-order valence-corrected chi connectivity index (χ3v) is 7.26. The molecular formula is C33H31FN4O4. The smallest absolute Gasteiger partial charge is 0.270 e. The molecule has 0 spiro atoms. The highest BCUT2D eigenvalue weighted by atomic mass is 19.1. The third kappa shape index (κ3) is 6.70. The fraction of sp³-hybridized carbons (Fsp3) is 0.212. The summed E-state index contributed by atoms with van der Waals surface area (Å²) in [4.78, 5) is 44.6. The number of aromatic nitrogens is 1. The number of halogens is 1. The molecule has 1 fully saturated rings. The van der Waals surface area contributed by atoms with Gasteiger partial charge in [-0.15, -0.1) is 0 Å². The molecule has 1 saturated heterocycles. The summed E-state index contributed by atoms with van der Waals surface area (Å²) in [7, 11) is 0. The number of fused-ring (bicyclic) bond motifs is 1. The average Bonchev–Trinajstić information content (AvgIpc) is 3.40. The lowest BCUT2D eigenvalue weighted by molar-refractivity contribution is -0.138. The lowest BCUT2D eigenvalue weighted by Crippen LogP contribution is -2.49. The van der Waals surface area contributed by atoms with E-state index in [4.69, 9.17) is 0 Å². The minimum Gasteiger partial charge on any atom is -0.391 e. The Labute approximate surface area is 242 Å². The molecule has 1 aromatic heterocycles. The van der Waals surface area contributed by atoms with Crippen molar-refractivity contribution in [2.75, 3.05) is 13.1 Å². The first-order valence-corrected chi connectivity index (χ1v) is 13.7. The summed E-state index contributed by atoms with van der Waals surface area (Å²) in [6.07, 6.45) is 3.23. The predicted molar refractivity (Wildman–Crippen MR) is 159 cm³/mol. The Morgan fingerprint density at radius 2 is 1.79 bits per heavy atom. The Bertz CT molecular complexity index is 1640. The van der Waals surface area contributed by atoms with Crippen molar-refractivity contribution in [3.63, 3.8) is 0 Å². The Kier molecular flexibility index (Phi) is 8.68. The standard InChI is InChI=1S/C33H31FN4O4/c1-21(27-10-6-5-9-23(27)12-11-22-7-3-2-4-8-22)36-33(42)30-18-26(39)20-38(30)31(40)19-35-32(41)29-15-13-24-17-25(34)14-16-28(24)37-29/h2-17,21,26,30,39H,18-20H2,1H3,(H,35,41)(H,36,42)/b12-11+/t21-,26+,30-/m0/s1. The first kappa shape index (κ1) is 28.6. The summed E-state index contributed by atoms with van der Waals surface area (Å²) in [5.74, 6) is -1.87. The van der Waals surface area contributed by atoms with Gasteiger partial charge in [-0.3, -0.25) is 14.4 Å². The summed E-state index contributed by atoms with van der Waals surface area (Å²) in [6.45, 7) is 1.48. The molecule has 1 aliphatic heterocycles. The van der Waals surface area contributed by atoms with E-state index in [0.717, 1.165) is 16.7 Å². The molecule has 8 nitrogen and oxygen atoms in total. The minimum atomic E-state index is -0.882. The maximum Gasteiger partial charge on any atom is 0.270 e. The van der Waals surface area contributed by atoms with Gasteiger partial charge in [0.1, 0.15) is 17.6 Å². The number of nitrogens with zero attached hydrogens (tertiary/aromatic N) is 2. The Balaban J connectivity index is 1.22. The van der Waals surface area contributed by atoms with Crippen LogP contribution in [0.1, 0.15) is 46.6 Å². The number of amides is 3. The van der Waals surface area contributed by atoms with Gasteiger partial charge in [-0.05, 0) is 47.9 Å². The molecule has 1 aliphatic rings. The van der Waals surface area contributed by atoms with E-state index in [1.165, 1.54) is 29.2 Å². The molecule has 5 rings (SSSR count). The van der Waals surface area contributed by atoms with Crippen LogP contribution in [-0.4, -0.2) is 57.9 Å². The highest BCUT2D eigenvalue weighted by Gasteiger charge is 2.39. The van der Waals surface area contributed by atoms with E-state index < -0.39 is 29.8 Å². The van der Waals surface area contributed by atoms with Crippen LogP contribution in [0, 0.1) is 5.82 Å². The van der Waals surface area contributed by atoms with Gasteiger partial charge < -0.3 is 20.6 Å². The lowest BCUT2D eigenvalue weighted by Gasteiger charge is -2.26. The number of likely N-dealkylation sites (tertiary alicyclic amines) is 1. The molecule has 3 atom stereocenters. The second kappa shape index (κ2) is 12.7. The number of pyridine rings is 1. The van der Waals surface area contributed by atoms with Crippen LogP contribution in [0.4, 0.5) is 4.39 Å². The predicted octanol–water partition coefficient (Wildman–Crippen LogP) is 4.11. The van der Waals surface area contributed by atoms with E-state index in [1.807, 2.05) is 73.7 Å². The van der Waals surface area contributed by atoms with Crippen LogP contribution in [0.2, 0.25) is 0 Å². The first-order chi connectivity index (χ1) is 20.3. The molecule has 214 valence electrons. The summed E-state index contributed by atoms with van der Waals surface area (Å²) >= 11 is 0. The van der Waals surface area contributed by atoms with Crippen LogP contribution in [0.15, 0.2) is 84.9 Å². The Hall–Kier alpha value is -4.89. The van der Waals surface area contributed by atoms with Crippen LogP contribution < -0.4 is 10.6 Å². The maximum atomic E-state index is 13.4. The average molecular weight is 567 g/mol. The van der Waals surface area contributed by atoms with Gasteiger partial charge in [0.15, 0.2) is 0 Å². The minimum absolute atomic E-state index is 0.0165. The number of nitrogens with one attached hydrogen (secondary N) is 2. The van der Waals surface area contributed by atoms with Crippen molar-refractivity contribution in [2.45, 2.75) is 31.5 Å². The zero-order valence-corrected chi connectivity index (χ0v) is 23.0. The summed E-state index contributed by atoms with van der Waals surface area (Å²) in [6, 6.07) is 23.5. The molecule has 9 heteroatoms.